The normalized spacial score (nSPS) is 24.6. The van der Waals surface area contributed by atoms with Crippen molar-refractivity contribution in [3.05, 3.63) is 17.7 Å². The number of aliphatic hydroxyl groups is 1. The Bertz CT molecular complexity index is 389. The Hall–Kier alpha value is -1.36. The number of aromatic nitrogens is 2. The second-order valence-electron chi connectivity index (χ2n) is 4.71. The van der Waals surface area contributed by atoms with Gasteiger partial charge in [-0.2, -0.15) is 0 Å². The topological polar surface area (TPSA) is 78.0 Å². The standard InChI is InChI=1S/C12H19N3O2/c1-8-11(15-7-14-8)6-13-12(17)9-3-2-4-10(16)5-9/h7,9-10,16H,2-6H2,1H3,(H,13,17)(H,14,15)/t9-,10+/m1/s1. The maximum absolute atomic E-state index is 11.9. The minimum Gasteiger partial charge on any atom is -0.393 e. The van der Waals surface area contributed by atoms with Gasteiger partial charge < -0.3 is 15.4 Å². The van der Waals surface area contributed by atoms with Crippen LogP contribution in [0.25, 0.3) is 0 Å². The lowest BCUT2D eigenvalue weighted by Crippen LogP contribution is -2.34. The van der Waals surface area contributed by atoms with Crippen molar-refractivity contribution in [2.45, 2.75) is 45.3 Å². The number of rotatable bonds is 3. The lowest BCUT2D eigenvalue weighted by atomic mass is 9.87. The van der Waals surface area contributed by atoms with Crippen molar-refractivity contribution in [1.29, 1.82) is 0 Å². The molecule has 0 radical (unpaired) electrons. The monoisotopic (exact) mass is 237 g/mol. The van der Waals surface area contributed by atoms with Gasteiger partial charge in [-0.05, 0) is 26.2 Å². The van der Waals surface area contributed by atoms with Gasteiger partial charge in [0, 0.05) is 11.6 Å². The SMILES string of the molecule is Cc1[nH]cnc1CNC(=O)[C@@H]1CCC[C@H](O)C1. The van der Waals surface area contributed by atoms with E-state index >= 15 is 0 Å². The molecule has 1 amide bonds. The van der Waals surface area contributed by atoms with Crippen molar-refractivity contribution in [3.8, 4) is 0 Å². The molecule has 1 aliphatic rings. The quantitative estimate of drug-likeness (QED) is 0.730. The van der Waals surface area contributed by atoms with Crippen LogP contribution >= 0.6 is 0 Å². The molecule has 5 heteroatoms. The maximum Gasteiger partial charge on any atom is 0.223 e. The second kappa shape index (κ2) is 5.31. The van der Waals surface area contributed by atoms with E-state index in [0.29, 0.717) is 13.0 Å². The highest BCUT2D eigenvalue weighted by molar-refractivity contribution is 5.78. The van der Waals surface area contributed by atoms with Crippen LogP contribution < -0.4 is 5.32 Å². The van der Waals surface area contributed by atoms with Crippen molar-refractivity contribution < 1.29 is 9.90 Å². The summed E-state index contributed by atoms with van der Waals surface area (Å²) in [5.41, 5.74) is 1.85. The number of aromatic amines is 1. The Kier molecular flexibility index (Phi) is 3.78. The first-order valence-corrected chi connectivity index (χ1v) is 6.11. The zero-order valence-corrected chi connectivity index (χ0v) is 10.1. The summed E-state index contributed by atoms with van der Waals surface area (Å²) in [5.74, 6) is -0.0100. The fourth-order valence-electron chi connectivity index (χ4n) is 2.28. The zero-order valence-electron chi connectivity index (χ0n) is 10.1. The molecule has 0 unspecified atom stereocenters. The van der Waals surface area contributed by atoms with E-state index in [1.54, 1.807) is 6.33 Å². The Balaban J connectivity index is 1.83. The minimum absolute atomic E-state index is 0.0335. The molecule has 1 heterocycles. The molecule has 3 N–H and O–H groups in total. The van der Waals surface area contributed by atoms with Crippen LogP contribution in [0.4, 0.5) is 0 Å². The van der Waals surface area contributed by atoms with Crippen LogP contribution in [0.3, 0.4) is 0 Å². The summed E-state index contributed by atoms with van der Waals surface area (Å²) in [6.07, 6.45) is 4.53. The fraction of sp³-hybridized carbons (Fsp3) is 0.667. The molecule has 0 aromatic carbocycles. The van der Waals surface area contributed by atoms with Gasteiger partial charge in [0.25, 0.3) is 0 Å². The highest BCUT2D eigenvalue weighted by Gasteiger charge is 2.25. The van der Waals surface area contributed by atoms with Gasteiger partial charge in [-0.1, -0.05) is 6.42 Å². The number of hydrogen-bond donors (Lipinski definition) is 3. The van der Waals surface area contributed by atoms with E-state index < -0.39 is 0 Å². The molecule has 0 bridgehead atoms. The van der Waals surface area contributed by atoms with Gasteiger partial charge in [-0.3, -0.25) is 4.79 Å². The summed E-state index contributed by atoms with van der Waals surface area (Å²) in [7, 11) is 0. The molecule has 2 rings (SSSR count). The minimum atomic E-state index is -0.313. The zero-order chi connectivity index (χ0) is 12.3. The average molecular weight is 237 g/mol. The van der Waals surface area contributed by atoms with Gasteiger partial charge in [-0.25, -0.2) is 4.98 Å². The third-order valence-corrected chi connectivity index (χ3v) is 3.38. The molecule has 2 atom stereocenters. The van der Waals surface area contributed by atoms with Gasteiger partial charge in [0.05, 0.1) is 24.7 Å². The summed E-state index contributed by atoms with van der Waals surface area (Å²) in [4.78, 5) is 19.0. The van der Waals surface area contributed by atoms with Crippen LogP contribution in [-0.2, 0) is 11.3 Å². The molecule has 5 nitrogen and oxygen atoms in total. The first kappa shape index (κ1) is 12.1. The Labute approximate surface area is 101 Å². The third kappa shape index (κ3) is 3.06. The summed E-state index contributed by atoms with van der Waals surface area (Å²) >= 11 is 0. The number of aliphatic hydroxyl groups excluding tert-OH is 1. The van der Waals surface area contributed by atoms with E-state index in [1.165, 1.54) is 0 Å². The van der Waals surface area contributed by atoms with Crippen LogP contribution in [0.1, 0.15) is 37.1 Å². The van der Waals surface area contributed by atoms with E-state index in [-0.39, 0.29) is 17.9 Å². The summed E-state index contributed by atoms with van der Waals surface area (Å²) in [5, 5.41) is 12.4. The number of aryl methyl sites for hydroxylation is 1. The number of carbonyl (C=O) groups is 1. The highest BCUT2D eigenvalue weighted by Crippen LogP contribution is 2.24. The van der Waals surface area contributed by atoms with E-state index in [9.17, 15) is 9.90 Å². The Morgan fingerprint density at radius 3 is 3.12 bits per heavy atom. The molecule has 1 aliphatic carbocycles. The first-order valence-electron chi connectivity index (χ1n) is 6.11. The third-order valence-electron chi connectivity index (χ3n) is 3.38. The molecule has 94 valence electrons. The van der Waals surface area contributed by atoms with Crippen LogP contribution in [-0.4, -0.2) is 27.1 Å². The Morgan fingerprint density at radius 2 is 2.47 bits per heavy atom. The average Bonchev–Trinajstić information content (AvgIpc) is 2.72. The summed E-state index contributed by atoms with van der Waals surface area (Å²) in [6.45, 7) is 2.39. The first-order chi connectivity index (χ1) is 8.16. The van der Waals surface area contributed by atoms with Gasteiger partial charge in [0.15, 0.2) is 0 Å². The van der Waals surface area contributed by atoms with E-state index in [1.807, 2.05) is 6.92 Å². The molecule has 17 heavy (non-hydrogen) atoms. The maximum atomic E-state index is 11.9. The molecule has 1 saturated carbocycles. The number of nitrogens with one attached hydrogen (secondary N) is 2. The van der Waals surface area contributed by atoms with Crippen LogP contribution in [0.2, 0.25) is 0 Å². The number of amides is 1. The number of hydrogen-bond acceptors (Lipinski definition) is 3. The van der Waals surface area contributed by atoms with Gasteiger partial charge in [0.1, 0.15) is 0 Å². The van der Waals surface area contributed by atoms with Crippen LogP contribution in [0.5, 0.6) is 0 Å². The summed E-state index contributed by atoms with van der Waals surface area (Å²) in [6, 6.07) is 0. The predicted molar refractivity (Wildman–Crippen MR) is 63.1 cm³/mol. The van der Waals surface area contributed by atoms with Crippen molar-refractivity contribution in [2.24, 2.45) is 5.92 Å². The molecule has 1 aromatic heterocycles. The van der Waals surface area contributed by atoms with Gasteiger partial charge in [0.2, 0.25) is 5.91 Å². The molecule has 1 fully saturated rings. The molecule has 0 saturated heterocycles. The lowest BCUT2D eigenvalue weighted by molar-refractivity contribution is -0.127. The number of imidazole rings is 1. The van der Waals surface area contributed by atoms with Crippen molar-refractivity contribution >= 4 is 5.91 Å². The molecule has 0 spiro atoms. The van der Waals surface area contributed by atoms with Crippen molar-refractivity contribution in [2.75, 3.05) is 0 Å². The number of H-pyrrole nitrogens is 1. The fourth-order valence-corrected chi connectivity index (χ4v) is 2.28. The lowest BCUT2D eigenvalue weighted by Gasteiger charge is -2.24. The van der Waals surface area contributed by atoms with Crippen molar-refractivity contribution in [1.82, 2.24) is 15.3 Å². The number of carbonyl (C=O) groups excluding carboxylic acids is 1. The predicted octanol–water partition coefficient (Wildman–Crippen LogP) is 0.885. The van der Waals surface area contributed by atoms with Crippen LogP contribution in [0.15, 0.2) is 6.33 Å². The highest BCUT2D eigenvalue weighted by atomic mass is 16.3. The van der Waals surface area contributed by atoms with E-state index in [4.69, 9.17) is 0 Å². The van der Waals surface area contributed by atoms with Crippen LogP contribution in [0, 0.1) is 12.8 Å². The largest absolute Gasteiger partial charge is 0.393 e. The second-order valence-corrected chi connectivity index (χ2v) is 4.71. The van der Waals surface area contributed by atoms with Crippen molar-refractivity contribution in [3.63, 3.8) is 0 Å². The molecule has 0 aliphatic heterocycles. The molecule has 1 aromatic rings. The molecular formula is C12H19N3O2. The van der Waals surface area contributed by atoms with E-state index in [2.05, 4.69) is 15.3 Å². The van der Waals surface area contributed by atoms with E-state index in [0.717, 1.165) is 30.7 Å². The smallest absolute Gasteiger partial charge is 0.223 e. The van der Waals surface area contributed by atoms with Gasteiger partial charge >= 0.3 is 0 Å². The Morgan fingerprint density at radius 1 is 1.65 bits per heavy atom. The van der Waals surface area contributed by atoms with Gasteiger partial charge in [-0.15, -0.1) is 0 Å². The molecular weight excluding hydrogens is 218 g/mol. The number of nitrogens with zero attached hydrogens (tertiary/aromatic N) is 1. The summed E-state index contributed by atoms with van der Waals surface area (Å²) < 4.78 is 0.